The Bertz CT molecular complexity index is 689. The van der Waals surface area contributed by atoms with E-state index in [-0.39, 0.29) is 5.78 Å². The third-order valence-electron chi connectivity index (χ3n) is 3.05. The van der Waals surface area contributed by atoms with Crippen molar-refractivity contribution in [2.75, 3.05) is 0 Å². The van der Waals surface area contributed by atoms with Crippen LogP contribution in [0.25, 0.3) is 0 Å². The number of aryl methyl sites for hydroxylation is 1. The van der Waals surface area contributed by atoms with E-state index in [1.807, 2.05) is 6.07 Å². The maximum absolute atomic E-state index is 12.9. The quantitative estimate of drug-likeness (QED) is 0.791. The SMILES string of the molecule is Cc1cccc(C(=O)C(C#N)c2ccc(F)cc2)c1Cl. The van der Waals surface area contributed by atoms with Crippen LogP contribution in [0, 0.1) is 24.1 Å². The van der Waals surface area contributed by atoms with Crippen molar-refractivity contribution in [2.24, 2.45) is 0 Å². The Morgan fingerprint density at radius 2 is 1.90 bits per heavy atom. The number of nitriles is 1. The summed E-state index contributed by atoms with van der Waals surface area (Å²) in [5.74, 6) is -1.78. The number of hydrogen-bond donors (Lipinski definition) is 0. The summed E-state index contributed by atoms with van der Waals surface area (Å²) in [7, 11) is 0. The molecule has 0 saturated heterocycles. The number of benzene rings is 2. The van der Waals surface area contributed by atoms with E-state index in [4.69, 9.17) is 11.6 Å². The van der Waals surface area contributed by atoms with Gasteiger partial charge in [-0.1, -0.05) is 35.9 Å². The van der Waals surface area contributed by atoms with E-state index in [9.17, 15) is 14.4 Å². The van der Waals surface area contributed by atoms with Crippen LogP contribution in [0.1, 0.15) is 27.4 Å². The van der Waals surface area contributed by atoms with Gasteiger partial charge in [0.05, 0.1) is 11.1 Å². The molecule has 2 aromatic rings. The van der Waals surface area contributed by atoms with E-state index in [2.05, 4.69) is 0 Å². The first kappa shape index (κ1) is 14.2. The molecule has 100 valence electrons. The maximum atomic E-state index is 12.9. The number of carbonyl (C=O) groups is 1. The van der Waals surface area contributed by atoms with E-state index in [0.717, 1.165) is 5.56 Å². The predicted octanol–water partition coefficient (Wildman–Crippen LogP) is 4.28. The van der Waals surface area contributed by atoms with Gasteiger partial charge in [-0.3, -0.25) is 4.79 Å². The van der Waals surface area contributed by atoms with E-state index in [1.54, 1.807) is 25.1 Å². The minimum atomic E-state index is -0.991. The molecule has 0 spiro atoms. The summed E-state index contributed by atoms with van der Waals surface area (Å²) in [5.41, 5.74) is 1.53. The summed E-state index contributed by atoms with van der Waals surface area (Å²) >= 11 is 6.11. The lowest BCUT2D eigenvalue weighted by Crippen LogP contribution is -2.12. The molecule has 0 aliphatic rings. The third kappa shape index (κ3) is 2.71. The lowest BCUT2D eigenvalue weighted by atomic mass is 9.91. The summed E-state index contributed by atoms with van der Waals surface area (Å²) in [6.45, 7) is 1.79. The Labute approximate surface area is 121 Å². The van der Waals surface area contributed by atoms with Crippen LogP contribution in [0.4, 0.5) is 4.39 Å². The maximum Gasteiger partial charge on any atom is 0.185 e. The van der Waals surface area contributed by atoms with Crippen molar-refractivity contribution in [3.63, 3.8) is 0 Å². The van der Waals surface area contributed by atoms with Gasteiger partial charge in [-0.2, -0.15) is 5.26 Å². The summed E-state index contributed by atoms with van der Waals surface area (Å²) in [4.78, 5) is 12.4. The van der Waals surface area contributed by atoms with Crippen molar-refractivity contribution >= 4 is 17.4 Å². The lowest BCUT2D eigenvalue weighted by molar-refractivity contribution is 0.0979. The number of nitrogens with zero attached hydrogens (tertiary/aromatic N) is 1. The van der Waals surface area contributed by atoms with Crippen molar-refractivity contribution in [3.8, 4) is 6.07 Å². The minimum Gasteiger partial charge on any atom is -0.292 e. The molecule has 0 fully saturated rings. The molecule has 1 unspecified atom stereocenters. The Kier molecular flexibility index (Phi) is 4.16. The molecule has 0 bridgehead atoms. The number of halogens is 2. The van der Waals surface area contributed by atoms with Crippen molar-refractivity contribution in [3.05, 3.63) is 70.0 Å². The largest absolute Gasteiger partial charge is 0.292 e. The number of rotatable bonds is 3. The van der Waals surface area contributed by atoms with Crippen molar-refractivity contribution in [1.29, 1.82) is 5.26 Å². The van der Waals surface area contributed by atoms with Gasteiger partial charge < -0.3 is 0 Å². The molecule has 4 heteroatoms. The number of carbonyl (C=O) groups excluding carboxylic acids is 1. The van der Waals surface area contributed by atoms with E-state index < -0.39 is 11.7 Å². The van der Waals surface area contributed by atoms with Crippen LogP contribution in [0.5, 0.6) is 0 Å². The van der Waals surface area contributed by atoms with Gasteiger partial charge in [0, 0.05) is 5.56 Å². The standard InChI is InChI=1S/C16H11ClFNO/c1-10-3-2-4-13(15(10)17)16(20)14(9-19)11-5-7-12(18)8-6-11/h2-8,14H,1H3. The normalized spacial score (nSPS) is 11.7. The smallest absolute Gasteiger partial charge is 0.185 e. The predicted molar refractivity (Wildman–Crippen MR) is 75.3 cm³/mol. The molecule has 0 heterocycles. The van der Waals surface area contributed by atoms with E-state index in [0.29, 0.717) is 16.1 Å². The Hall–Kier alpha value is -2.18. The molecule has 20 heavy (non-hydrogen) atoms. The second-order valence-corrected chi connectivity index (χ2v) is 4.79. The number of Topliss-reactive ketones (excluding diaryl/α,β-unsaturated/α-hetero) is 1. The van der Waals surface area contributed by atoms with Gasteiger partial charge in [0.15, 0.2) is 5.78 Å². The molecule has 0 aromatic heterocycles. The Balaban J connectivity index is 2.42. The van der Waals surface area contributed by atoms with Crippen LogP contribution >= 0.6 is 11.6 Å². The topological polar surface area (TPSA) is 40.9 Å². The first-order valence-corrected chi connectivity index (χ1v) is 6.37. The van der Waals surface area contributed by atoms with Crippen molar-refractivity contribution in [1.82, 2.24) is 0 Å². The highest BCUT2D eigenvalue weighted by Gasteiger charge is 2.24. The summed E-state index contributed by atoms with van der Waals surface area (Å²) < 4.78 is 12.9. The first-order chi connectivity index (χ1) is 9.54. The van der Waals surface area contributed by atoms with E-state index >= 15 is 0 Å². The van der Waals surface area contributed by atoms with Gasteiger partial charge in [0.1, 0.15) is 11.7 Å². The van der Waals surface area contributed by atoms with Crippen molar-refractivity contribution < 1.29 is 9.18 Å². The van der Waals surface area contributed by atoms with Gasteiger partial charge >= 0.3 is 0 Å². The lowest BCUT2D eigenvalue weighted by Gasteiger charge is -2.11. The molecular weight excluding hydrogens is 277 g/mol. The molecule has 0 radical (unpaired) electrons. The molecule has 0 aliphatic heterocycles. The fraction of sp³-hybridized carbons (Fsp3) is 0.125. The molecule has 0 amide bonds. The Morgan fingerprint density at radius 3 is 2.50 bits per heavy atom. The summed E-state index contributed by atoms with van der Waals surface area (Å²) in [5, 5.41) is 9.58. The fourth-order valence-corrected chi connectivity index (χ4v) is 2.15. The zero-order valence-electron chi connectivity index (χ0n) is 10.7. The van der Waals surface area contributed by atoms with E-state index in [1.165, 1.54) is 24.3 Å². The van der Waals surface area contributed by atoms with Gasteiger partial charge in [0.25, 0.3) is 0 Å². The highest BCUT2D eigenvalue weighted by Crippen LogP contribution is 2.27. The highest BCUT2D eigenvalue weighted by molar-refractivity contribution is 6.35. The zero-order valence-corrected chi connectivity index (χ0v) is 11.5. The van der Waals surface area contributed by atoms with Crippen LogP contribution in [0.2, 0.25) is 5.02 Å². The first-order valence-electron chi connectivity index (χ1n) is 5.99. The summed E-state index contributed by atoms with van der Waals surface area (Å²) in [6, 6.07) is 12.4. The molecule has 2 nitrogen and oxygen atoms in total. The summed E-state index contributed by atoms with van der Waals surface area (Å²) in [6.07, 6.45) is 0. The Morgan fingerprint density at radius 1 is 1.25 bits per heavy atom. The van der Waals surface area contributed by atoms with Crippen LogP contribution in [-0.4, -0.2) is 5.78 Å². The monoisotopic (exact) mass is 287 g/mol. The van der Waals surface area contributed by atoms with Gasteiger partial charge in [-0.15, -0.1) is 0 Å². The second-order valence-electron chi connectivity index (χ2n) is 4.41. The average Bonchev–Trinajstić information content (AvgIpc) is 2.44. The fourth-order valence-electron chi connectivity index (χ4n) is 1.93. The van der Waals surface area contributed by atoms with Gasteiger partial charge in [0.2, 0.25) is 0 Å². The van der Waals surface area contributed by atoms with Crippen LogP contribution in [-0.2, 0) is 0 Å². The van der Waals surface area contributed by atoms with Gasteiger partial charge in [-0.05, 0) is 36.2 Å². The highest BCUT2D eigenvalue weighted by atomic mass is 35.5. The van der Waals surface area contributed by atoms with Gasteiger partial charge in [-0.25, -0.2) is 4.39 Å². The van der Waals surface area contributed by atoms with Crippen molar-refractivity contribution in [2.45, 2.75) is 12.8 Å². The second kappa shape index (κ2) is 5.85. The average molecular weight is 288 g/mol. The molecule has 0 N–H and O–H groups in total. The third-order valence-corrected chi connectivity index (χ3v) is 3.55. The zero-order chi connectivity index (χ0) is 14.7. The molecule has 1 atom stereocenters. The van der Waals surface area contributed by atoms with Crippen LogP contribution < -0.4 is 0 Å². The molecule has 0 saturated carbocycles. The number of hydrogen-bond acceptors (Lipinski definition) is 2. The molecular formula is C16H11ClFNO. The molecule has 0 aliphatic carbocycles. The number of ketones is 1. The van der Waals surface area contributed by atoms with Crippen LogP contribution in [0.3, 0.4) is 0 Å². The molecule has 2 rings (SSSR count). The molecule has 2 aromatic carbocycles. The minimum absolute atomic E-state index is 0.308. The van der Waals surface area contributed by atoms with Crippen LogP contribution in [0.15, 0.2) is 42.5 Å².